The van der Waals surface area contributed by atoms with Crippen LogP contribution in [0.3, 0.4) is 0 Å². The van der Waals surface area contributed by atoms with Gasteiger partial charge in [-0.3, -0.25) is 9.59 Å². The van der Waals surface area contributed by atoms with Crippen LogP contribution in [0.2, 0.25) is 0 Å². The Morgan fingerprint density at radius 2 is 2.27 bits per heavy atom. The average molecular weight is 158 g/mol. The van der Waals surface area contributed by atoms with Gasteiger partial charge in [0.1, 0.15) is 0 Å². The topological polar surface area (TPSA) is 58.2 Å². The van der Waals surface area contributed by atoms with Crippen molar-refractivity contribution in [3.63, 3.8) is 0 Å². The first kappa shape index (κ1) is 9.94. The Labute approximate surface area is 66.4 Å². The second kappa shape index (κ2) is 5.70. The molecule has 1 atom stereocenters. The van der Waals surface area contributed by atoms with E-state index in [1.54, 1.807) is 0 Å². The highest BCUT2D eigenvalue weighted by molar-refractivity contribution is 5.73. The normalized spacial score (nSPS) is 11.8. The van der Waals surface area contributed by atoms with E-state index in [1.165, 1.54) is 6.92 Å². The molecule has 0 aliphatic heterocycles. The molecule has 0 rings (SSSR count). The van der Waals surface area contributed by atoms with Crippen LogP contribution < -0.4 is 10.6 Å². The maximum Gasteiger partial charge on any atom is 0.217 e. The molecule has 4 heteroatoms. The average Bonchev–Trinajstić information content (AvgIpc) is 1.97. The van der Waals surface area contributed by atoms with Gasteiger partial charge in [0.2, 0.25) is 12.3 Å². The lowest BCUT2D eigenvalue weighted by molar-refractivity contribution is -0.120. The van der Waals surface area contributed by atoms with Crippen molar-refractivity contribution >= 4 is 12.3 Å². The van der Waals surface area contributed by atoms with E-state index in [0.29, 0.717) is 13.0 Å². The van der Waals surface area contributed by atoms with E-state index >= 15 is 0 Å². The maximum absolute atomic E-state index is 10.5. The van der Waals surface area contributed by atoms with Gasteiger partial charge in [0, 0.05) is 19.5 Å². The summed E-state index contributed by atoms with van der Waals surface area (Å²) in [5.74, 6) is -0.0652. The zero-order valence-corrected chi connectivity index (χ0v) is 6.89. The van der Waals surface area contributed by atoms with Crippen molar-refractivity contribution in [2.24, 2.45) is 0 Å². The molecule has 0 aromatic rings. The molecule has 0 saturated heterocycles. The van der Waals surface area contributed by atoms with Gasteiger partial charge in [0.15, 0.2) is 0 Å². The van der Waals surface area contributed by atoms with Crippen LogP contribution >= 0.6 is 0 Å². The highest BCUT2D eigenvalue weighted by Gasteiger charge is 2.04. The SMILES string of the molecule is CC[C@H](CNC=O)NC(C)=O. The van der Waals surface area contributed by atoms with E-state index in [2.05, 4.69) is 10.6 Å². The summed E-state index contributed by atoms with van der Waals surface area (Å²) in [6.45, 7) is 3.91. The van der Waals surface area contributed by atoms with Gasteiger partial charge in [-0.05, 0) is 6.42 Å². The number of carbonyl (C=O) groups is 2. The molecule has 11 heavy (non-hydrogen) atoms. The van der Waals surface area contributed by atoms with Gasteiger partial charge >= 0.3 is 0 Å². The standard InChI is InChI=1S/C7H14N2O2/c1-3-7(4-8-5-10)9-6(2)11/h5,7H,3-4H2,1-2H3,(H,8,10)(H,9,11)/t7-/m1/s1. The highest BCUT2D eigenvalue weighted by Crippen LogP contribution is 1.87. The molecule has 4 nitrogen and oxygen atoms in total. The lowest BCUT2D eigenvalue weighted by Gasteiger charge is -2.14. The van der Waals surface area contributed by atoms with Gasteiger partial charge in [-0.2, -0.15) is 0 Å². The molecule has 0 spiro atoms. The fourth-order valence-corrected chi connectivity index (χ4v) is 0.775. The Bertz CT molecular complexity index is 136. The molecule has 0 radical (unpaired) electrons. The van der Waals surface area contributed by atoms with Gasteiger partial charge in [0.05, 0.1) is 0 Å². The van der Waals surface area contributed by atoms with Crippen LogP contribution in [0.4, 0.5) is 0 Å². The summed E-state index contributed by atoms with van der Waals surface area (Å²) in [4.78, 5) is 20.4. The number of rotatable bonds is 5. The minimum absolute atomic E-state index is 0.0534. The van der Waals surface area contributed by atoms with Gasteiger partial charge in [-0.15, -0.1) is 0 Å². The Hall–Kier alpha value is -1.06. The third-order valence-electron chi connectivity index (χ3n) is 1.35. The third-order valence-corrected chi connectivity index (χ3v) is 1.35. The van der Waals surface area contributed by atoms with Gasteiger partial charge in [-0.25, -0.2) is 0 Å². The molecule has 0 aliphatic carbocycles. The van der Waals surface area contributed by atoms with Crippen LogP contribution in [0.1, 0.15) is 20.3 Å². The van der Waals surface area contributed by atoms with Crippen LogP contribution in [0.25, 0.3) is 0 Å². The zero-order chi connectivity index (χ0) is 8.69. The molecule has 2 amide bonds. The highest BCUT2D eigenvalue weighted by atomic mass is 16.1. The molecular weight excluding hydrogens is 144 g/mol. The van der Waals surface area contributed by atoms with Crippen molar-refractivity contribution in [3.8, 4) is 0 Å². The first-order valence-electron chi connectivity index (χ1n) is 3.64. The molecule has 0 aliphatic rings. The summed E-state index contributed by atoms with van der Waals surface area (Å²) in [6, 6.07) is 0.0534. The van der Waals surface area contributed by atoms with Gasteiger partial charge in [-0.1, -0.05) is 6.92 Å². The molecule has 2 N–H and O–H groups in total. The number of amides is 2. The van der Waals surface area contributed by atoms with Crippen molar-refractivity contribution in [2.75, 3.05) is 6.54 Å². The quantitative estimate of drug-likeness (QED) is 0.537. The van der Waals surface area contributed by atoms with Crippen LogP contribution in [0.5, 0.6) is 0 Å². The molecule has 0 unspecified atom stereocenters. The van der Waals surface area contributed by atoms with E-state index in [-0.39, 0.29) is 11.9 Å². The van der Waals surface area contributed by atoms with E-state index in [9.17, 15) is 9.59 Å². The molecule has 0 fully saturated rings. The Morgan fingerprint density at radius 3 is 2.64 bits per heavy atom. The second-order valence-corrected chi connectivity index (χ2v) is 2.33. The van der Waals surface area contributed by atoms with E-state index in [4.69, 9.17) is 0 Å². The lowest BCUT2D eigenvalue weighted by atomic mass is 10.2. The summed E-state index contributed by atoms with van der Waals surface area (Å²) < 4.78 is 0. The van der Waals surface area contributed by atoms with Crippen LogP contribution in [0, 0.1) is 0 Å². The first-order valence-corrected chi connectivity index (χ1v) is 3.64. The fourth-order valence-electron chi connectivity index (χ4n) is 0.775. The van der Waals surface area contributed by atoms with Crippen molar-refractivity contribution in [1.82, 2.24) is 10.6 Å². The summed E-state index contributed by atoms with van der Waals surface area (Å²) in [5, 5.41) is 5.21. The minimum Gasteiger partial charge on any atom is -0.357 e. The number of carbonyl (C=O) groups excluding carboxylic acids is 2. The molecule has 0 saturated carbocycles. The molecule has 64 valence electrons. The molecule has 0 bridgehead atoms. The summed E-state index contributed by atoms with van der Waals surface area (Å²) in [7, 11) is 0. The van der Waals surface area contributed by atoms with Crippen LogP contribution in [-0.2, 0) is 9.59 Å². The fraction of sp³-hybridized carbons (Fsp3) is 0.714. The smallest absolute Gasteiger partial charge is 0.217 e. The predicted octanol–water partition coefficient (Wildman–Crippen LogP) is -0.353. The number of hydrogen-bond acceptors (Lipinski definition) is 2. The summed E-state index contributed by atoms with van der Waals surface area (Å²) in [6.07, 6.45) is 1.45. The molecule has 0 aromatic heterocycles. The number of hydrogen-bond donors (Lipinski definition) is 2. The molecule has 0 heterocycles. The van der Waals surface area contributed by atoms with Crippen molar-refractivity contribution in [2.45, 2.75) is 26.3 Å². The van der Waals surface area contributed by atoms with E-state index < -0.39 is 0 Å². The van der Waals surface area contributed by atoms with Gasteiger partial charge < -0.3 is 10.6 Å². The van der Waals surface area contributed by atoms with E-state index in [1.807, 2.05) is 6.92 Å². The lowest BCUT2D eigenvalue weighted by Crippen LogP contribution is -2.40. The molecular formula is C7H14N2O2. The predicted molar refractivity (Wildman–Crippen MR) is 42.0 cm³/mol. The minimum atomic E-state index is -0.0652. The van der Waals surface area contributed by atoms with Crippen LogP contribution in [0.15, 0.2) is 0 Å². The summed E-state index contributed by atoms with van der Waals surface area (Å²) >= 11 is 0. The van der Waals surface area contributed by atoms with E-state index in [0.717, 1.165) is 6.42 Å². The Kier molecular flexibility index (Phi) is 5.15. The summed E-state index contributed by atoms with van der Waals surface area (Å²) in [5.41, 5.74) is 0. The van der Waals surface area contributed by atoms with Gasteiger partial charge in [0.25, 0.3) is 0 Å². The second-order valence-electron chi connectivity index (χ2n) is 2.33. The third kappa shape index (κ3) is 5.39. The Morgan fingerprint density at radius 1 is 1.64 bits per heavy atom. The first-order chi connectivity index (χ1) is 5.20. The monoisotopic (exact) mass is 158 g/mol. The zero-order valence-electron chi connectivity index (χ0n) is 6.89. The largest absolute Gasteiger partial charge is 0.357 e. The number of nitrogens with one attached hydrogen (secondary N) is 2. The van der Waals surface area contributed by atoms with Crippen molar-refractivity contribution < 1.29 is 9.59 Å². The van der Waals surface area contributed by atoms with Crippen LogP contribution in [-0.4, -0.2) is 24.9 Å². The molecule has 0 aromatic carbocycles. The van der Waals surface area contributed by atoms with Crippen molar-refractivity contribution in [1.29, 1.82) is 0 Å². The van der Waals surface area contributed by atoms with Crippen molar-refractivity contribution in [3.05, 3.63) is 0 Å². The maximum atomic E-state index is 10.5. The Balaban J connectivity index is 3.57.